The van der Waals surface area contributed by atoms with E-state index in [-0.39, 0.29) is 0 Å². The minimum atomic E-state index is 0.836. The Morgan fingerprint density at radius 2 is 1.71 bits per heavy atom. The highest BCUT2D eigenvalue weighted by Gasteiger charge is 2.35. The molecule has 0 N–H and O–H groups in total. The van der Waals surface area contributed by atoms with Crippen LogP contribution in [0.25, 0.3) is 0 Å². The van der Waals surface area contributed by atoms with E-state index in [0.717, 1.165) is 23.8 Å². The Morgan fingerprint density at radius 1 is 1.07 bits per heavy atom. The van der Waals surface area contributed by atoms with Crippen LogP contribution in [-0.2, 0) is 0 Å². The summed E-state index contributed by atoms with van der Waals surface area (Å²) in [5.41, 5.74) is 0. The number of hydrogen-bond acceptors (Lipinski definition) is 1. The number of piperidine rings is 1. The van der Waals surface area contributed by atoms with E-state index in [1.165, 1.54) is 38.6 Å². The van der Waals surface area contributed by atoms with Gasteiger partial charge in [0.1, 0.15) is 0 Å². The summed E-state index contributed by atoms with van der Waals surface area (Å²) in [6.45, 7) is 6.13. The Labute approximate surface area is 88.9 Å². The Hall–Kier alpha value is -0.0400. The maximum absolute atomic E-state index is 2.62. The number of likely N-dealkylation sites (tertiary alicyclic amines) is 1. The van der Waals surface area contributed by atoms with E-state index < -0.39 is 0 Å². The van der Waals surface area contributed by atoms with Crippen molar-refractivity contribution in [3.05, 3.63) is 0 Å². The zero-order chi connectivity index (χ0) is 10.1. The number of nitrogens with zero attached hydrogens (tertiary/aromatic N) is 1. The predicted molar refractivity (Wildman–Crippen MR) is 61.3 cm³/mol. The second-order valence-electron chi connectivity index (χ2n) is 5.79. The van der Waals surface area contributed by atoms with Gasteiger partial charge in [-0.1, -0.05) is 33.1 Å². The quantitative estimate of drug-likeness (QED) is 0.621. The first-order valence-electron chi connectivity index (χ1n) is 6.38. The van der Waals surface area contributed by atoms with E-state index in [9.17, 15) is 0 Å². The van der Waals surface area contributed by atoms with Crippen LogP contribution >= 0.6 is 0 Å². The lowest BCUT2D eigenvalue weighted by molar-refractivity contribution is 0.0365. The van der Waals surface area contributed by atoms with Gasteiger partial charge in [0.05, 0.1) is 0 Å². The van der Waals surface area contributed by atoms with E-state index in [0.29, 0.717) is 0 Å². The highest BCUT2D eigenvalue weighted by Crippen LogP contribution is 2.39. The summed E-state index contributed by atoms with van der Waals surface area (Å²) in [5, 5.41) is 0. The fourth-order valence-corrected chi connectivity index (χ4v) is 3.61. The van der Waals surface area contributed by atoms with Gasteiger partial charge in [-0.25, -0.2) is 0 Å². The van der Waals surface area contributed by atoms with Crippen LogP contribution in [0, 0.1) is 17.8 Å². The Morgan fingerprint density at radius 3 is 2.36 bits per heavy atom. The van der Waals surface area contributed by atoms with Gasteiger partial charge in [-0.05, 0) is 37.6 Å². The Balaban J connectivity index is 1.99. The van der Waals surface area contributed by atoms with Gasteiger partial charge in [0.15, 0.2) is 0 Å². The van der Waals surface area contributed by atoms with Crippen LogP contribution < -0.4 is 0 Å². The lowest BCUT2D eigenvalue weighted by Gasteiger charge is -2.46. The van der Waals surface area contributed by atoms with Crippen LogP contribution in [0.2, 0.25) is 0 Å². The number of hydrogen-bond donors (Lipinski definition) is 0. The van der Waals surface area contributed by atoms with Gasteiger partial charge in [0.25, 0.3) is 0 Å². The molecule has 0 aromatic heterocycles. The molecule has 2 fully saturated rings. The van der Waals surface area contributed by atoms with Crippen LogP contribution in [0.15, 0.2) is 0 Å². The zero-order valence-corrected chi connectivity index (χ0v) is 10.00. The van der Waals surface area contributed by atoms with Crippen LogP contribution in [0.3, 0.4) is 0 Å². The predicted octanol–water partition coefficient (Wildman–Crippen LogP) is 3.15. The van der Waals surface area contributed by atoms with Gasteiger partial charge < -0.3 is 4.90 Å². The summed E-state index contributed by atoms with van der Waals surface area (Å²) in [4.78, 5) is 2.62. The highest BCUT2D eigenvalue weighted by molar-refractivity contribution is 4.88. The lowest BCUT2D eigenvalue weighted by Crippen LogP contribution is -2.48. The summed E-state index contributed by atoms with van der Waals surface area (Å²) in [7, 11) is 2.33. The molecule has 14 heavy (non-hydrogen) atoms. The minimum Gasteiger partial charge on any atom is -0.303 e. The third kappa shape index (κ3) is 1.98. The van der Waals surface area contributed by atoms with Gasteiger partial charge in [-0.3, -0.25) is 0 Å². The van der Waals surface area contributed by atoms with E-state index >= 15 is 0 Å². The molecule has 2 rings (SSSR count). The fourth-order valence-electron chi connectivity index (χ4n) is 3.61. The van der Waals surface area contributed by atoms with Crippen molar-refractivity contribution in [3.8, 4) is 0 Å². The van der Waals surface area contributed by atoms with E-state index in [1.54, 1.807) is 0 Å². The molecule has 1 saturated heterocycles. The molecule has 1 nitrogen and oxygen atoms in total. The molecule has 0 aromatic carbocycles. The lowest BCUT2D eigenvalue weighted by atomic mass is 9.71. The van der Waals surface area contributed by atoms with Crippen molar-refractivity contribution < 1.29 is 0 Å². The van der Waals surface area contributed by atoms with E-state index in [1.807, 2.05) is 0 Å². The molecule has 2 aliphatic rings. The molecular weight excluding hydrogens is 170 g/mol. The second-order valence-corrected chi connectivity index (χ2v) is 5.79. The monoisotopic (exact) mass is 195 g/mol. The Kier molecular flexibility index (Phi) is 3.16. The molecule has 0 aromatic rings. The van der Waals surface area contributed by atoms with E-state index in [4.69, 9.17) is 0 Å². The summed E-state index contributed by atoms with van der Waals surface area (Å²) in [6, 6.07) is 0.856. The summed E-state index contributed by atoms with van der Waals surface area (Å²) in [5.74, 6) is 2.93. The molecule has 3 atom stereocenters. The molecule has 1 aliphatic carbocycles. The number of rotatable bonds is 1. The normalized spacial score (nSPS) is 39.9. The topological polar surface area (TPSA) is 3.24 Å². The molecular formula is C13H25N. The molecule has 0 radical (unpaired) electrons. The van der Waals surface area contributed by atoms with Crippen LogP contribution in [-0.4, -0.2) is 24.5 Å². The molecule has 0 unspecified atom stereocenters. The molecule has 82 valence electrons. The summed E-state index contributed by atoms with van der Waals surface area (Å²) in [6.07, 6.45) is 7.47. The molecule has 1 heterocycles. The maximum atomic E-state index is 2.62. The zero-order valence-electron chi connectivity index (χ0n) is 10.00. The van der Waals surface area contributed by atoms with Crippen molar-refractivity contribution in [2.24, 2.45) is 17.8 Å². The highest BCUT2D eigenvalue weighted by atomic mass is 15.1. The van der Waals surface area contributed by atoms with Crippen molar-refractivity contribution >= 4 is 0 Å². The SMILES string of the molecule is CC(C)[C@@H]1C[C@H]2CCCC[C@H]2CN1C. The average molecular weight is 195 g/mol. The second kappa shape index (κ2) is 4.22. The molecule has 0 bridgehead atoms. The van der Waals surface area contributed by atoms with Gasteiger partial charge in [0, 0.05) is 12.6 Å². The van der Waals surface area contributed by atoms with Crippen molar-refractivity contribution in [1.82, 2.24) is 4.90 Å². The van der Waals surface area contributed by atoms with Gasteiger partial charge in [-0.2, -0.15) is 0 Å². The molecule has 1 aliphatic heterocycles. The molecule has 0 spiro atoms. The molecule has 0 amide bonds. The standard InChI is InChI=1S/C13H25N/c1-10(2)13-8-11-6-4-5-7-12(11)9-14(13)3/h10-13H,4-9H2,1-3H3/t11-,12+,13+/m1/s1. The minimum absolute atomic E-state index is 0.836. The largest absolute Gasteiger partial charge is 0.303 e. The van der Waals surface area contributed by atoms with Gasteiger partial charge >= 0.3 is 0 Å². The summed E-state index contributed by atoms with van der Waals surface area (Å²) >= 11 is 0. The molecule has 1 saturated carbocycles. The first kappa shape index (κ1) is 10.5. The van der Waals surface area contributed by atoms with Crippen molar-refractivity contribution in [1.29, 1.82) is 0 Å². The average Bonchev–Trinajstić information content (AvgIpc) is 2.16. The third-order valence-electron chi connectivity index (χ3n) is 4.47. The van der Waals surface area contributed by atoms with Crippen LogP contribution in [0.1, 0.15) is 46.0 Å². The van der Waals surface area contributed by atoms with Crippen molar-refractivity contribution in [2.75, 3.05) is 13.6 Å². The first-order chi connectivity index (χ1) is 6.68. The van der Waals surface area contributed by atoms with Crippen molar-refractivity contribution in [3.63, 3.8) is 0 Å². The fraction of sp³-hybridized carbons (Fsp3) is 1.00. The van der Waals surface area contributed by atoms with E-state index in [2.05, 4.69) is 25.8 Å². The number of fused-ring (bicyclic) bond motifs is 1. The van der Waals surface area contributed by atoms with Crippen LogP contribution in [0.4, 0.5) is 0 Å². The van der Waals surface area contributed by atoms with Gasteiger partial charge in [0.2, 0.25) is 0 Å². The van der Waals surface area contributed by atoms with Crippen LogP contribution in [0.5, 0.6) is 0 Å². The van der Waals surface area contributed by atoms with Gasteiger partial charge in [-0.15, -0.1) is 0 Å². The molecule has 1 heteroatoms. The summed E-state index contributed by atoms with van der Waals surface area (Å²) < 4.78 is 0. The first-order valence-corrected chi connectivity index (χ1v) is 6.38. The smallest absolute Gasteiger partial charge is 0.0118 e. The van der Waals surface area contributed by atoms with Crippen molar-refractivity contribution in [2.45, 2.75) is 52.0 Å². The third-order valence-corrected chi connectivity index (χ3v) is 4.47. The maximum Gasteiger partial charge on any atom is 0.0118 e. The Bertz CT molecular complexity index is 188.